The third-order valence-electron chi connectivity index (χ3n) is 3.75. The van der Waals surface area contributed by atoms with Gasteiger partial charge in [-0.2, -0.15) is 0 Å². The molecule has 0 bridgehead atoms. The van der Waals surface area contributed by atoms with Crippen LogP contribution in [0.15, 0.2) is 36.4 Å². The van der Waals surface area contributed by atoms with E-state index in [2.05, 4.69) is 5.32 Å². The number of amides is 1. The predicted octanol–water partition coefficient (Wildman–Crippen LogP) is 4.54. The summed E-state index contributed by atoms with van der Waals surface area (Å²) in [5.41, 5.74) is 2.74. The Bertz CT molecular complexity index is 819. The number of benzene rings is 2. The van der Waals surface area contributed by atoms with Crippen LogP contribution in [0.5, 0.6) is 5.75 Å². The van der Waals surface area contributed by atoms with Crippen LogP contribution in [0.25, 0.3) is 0 Å². The highest BCUT2D eigenvalue weighted by Crippen LogP contribution is 2.23. The molecule has 0 aliphatic rings. The van der Waals surface area contributed by atoms with E-state index in [1.807, 2.05) is 32.0 Å². The molecular weight excluding hydrogens is 354 g/mol. The summed E-state index contributed by atoms with van der Waals surface area (Å²) in [5, 5.41) is 2.95. The third kappa shape index (κ3) is 4.99. The van der Waals surface area contributed by atoms with E-state index in [4.69, 9.17) is 21.1 Å². The number of hydrogen-bond donors (Lipinski definition) is 1. The van der Waals surface area contributed by atoms with E-state index in [1.165, 1.54) is 12.1 Å². The van der Waals surface area contributed by atoms with Crippen LogP contribution < -0.4 is 10.1 Å². The summed E-state index contributed by atoms with van der Waals surface area (Å²) in [5.74, 6) is -0.142. The van der Waals surface area contributed by atoms with Gasteiger partial charge >= 0.3 is 5.97 Å². The van der Waals surface area contributed by atoms with Crippen molar-refractivity contribution >= 4 is 29.2 Å². The first-order valence-electron chi connectivity index (χ1n) is 8.33. The summed E-state index contributed by atoms with van der Waals surface area (Å²) in [6.45, 7) is 7.54. The van der Waals surface area contributed by atoms with Gasteiger partial charge in [0.2, 0.25) is 0 Å². The lowest BCUT2D eigenvalue weighted by molar-refractivity contribution is -0.122. The van der Waals surface area contributed by atoms with Gasteiger partial charge < -0.3 is 14.8 Å². The van der Waals surface area contributed by atoms with Crippen molar-refractivity contribution in [1.82, 2.24) is 0 Å². The SMILES string of the molecule is CCOC(=O)c1ccc(NC(=O)[C@@H](C)Oc2cc(C)ccc2C)cc1Cl. The second kappa shape index (κ2) is 8.72. The molecule has 2 aromatic rings. The van der Waals surface area contributed by atoms with Crippen LogP contribution >= 0.6 is 11.6 Å². The van der Waals surface area contributed by atoms with E-state index in [9.17, 15) is 9.59 Å². The fourth-order valence-corrected chi connectivity index (χ4v) is 2.55. The van der Waals surface area contributed by atoms with E-state index in [0.29, 0.717) is 11.4 Å². The zero-order chi connectivity index (χ0) is 19.3. The second-order valence-electron chi connectivity index (χ2n) is 5.93. The standard InChI is InChI=1S/C20H22ClNO4/c1-5-25-20(24)16-9-8-15(11-17(16)21)22-19(23)14(4)26-18-10-12(2)6-7-13(18)3/h6-11,14H,5H2,1-4H3,(H,22,23)/t14-/m1/s1. The van der Waals surface area contributed by atoms with Gasteiger partial charge in [-0.1, -0.05) is 23.7 Å². The molecule has 2 aromatic carbocycles. The van der Waals surface area contributed by atoms with Crippen LogP contribution in [0.4, 0.5) is 5.69 Å². The lowest BCUT2D eigenvalue weighted by atomic mass is 10.1. The molecule has 0 saturated carbocycles. The summed E-state index contributed by atoms with van der Waals surface area (Å²) in [6, 6.07) is 10.5. The summed E-state index contributed by atoms with van der Waals surface area (Å²) in [4.78, 5) is 24.1. The Hall–Kier alpha value is -2.53. The Morgan fingerprint density at radius 1 is 1.15 bits per heavy atom. The summed E-state index contributed by atoms with van der Waals surface area (Å²) < 4.78 is 10.7. The fraction of sp³-hybridized carbons (Fsp3) is 0.300. The number of esters is 1. The molecule has 0 spiro atoms. The highest BCUT2D eigenvalue weighted by atomic mass is 35.5. The zero-order valence-corrected chi connectivity index (χ0v) is 16.0. The van der Waals surface area contributed by atoms with E-state index < -0.39 is 12.1 Å². The van der Waals surface area contributed by atoms with E-state index in [-0.39, 0.29) is 23.1 Å². The largest absolute Gasteiger partial charge is 0.481 e. The molecule has 0 saturated heterocycles. The topological polar surface area (TPSA) is 64.6 Å². The molecule has 0 aromatic heterocycles. The Morgan fingerprint density at radius 3 is 2.54 bits per heavy atom. The molecule has 0 fully saturated rings. The minimum atomic E-state index is -0.695. The van der Waals surface area contributed by atoms with Crippen LogP contribution in [0.2, 0.25) is 5.02 Å². The van der Waals surface area contributed by atoms with Gasteiger partial charge in [-0.05, 0) is 63.1 Å². The van der Waals surface area contributed by atoms with E-state index in [1.54, 1.807) is 19.9 Å². The zero-order valence-electron chi connectivity index (χ0n) is 15.3. The van der Waals surface area contributed by atoms with Crippen molar-refractivity contribution in [2.75, 3.05) is 11.9 Å². The highest BCUT2D eigenvalue weighted by Gasteiger charge is 2.17. The molecule has 5 nitrogen and oxygen atoms in total. The normalized spacial score (nSPS) is 11.6. The van der Waals surface area contributed by atoms with Crippen LogP contribution in [0, 0.1) is 13.8 Å². The number of carbonyl (C=O) groups is 2. The first kappa shape index (κ1) is 19.8. The maximum atomic E-state index is 12.4. The number of halogens is 1. The average molecular weight is 376 g/mol. The van der Waals surface area contributed by atoms with Crippen molar-refractivity contribution < 1.29 is 19.1 Å². The monoisotopic (exact) mass is 375 g/mol. The Kier molecular flexibility index (Phi) is 6.64. The molecule has 0 aliphatic carbocycles. The first-order valence-corrected chi connectivity index (χ1v) is 8.71. The maximum absolute atomic E-state index is 12.4. The van der Waals surface area contributed by atoms with Gasteiger partial charge in [-0.15, -0.1) is 0 Å². The molecule has 1 atom stereocenters. The Balaban J connectivity index is 2.05. The summed E-state index contributed by atoms with van der Waals surface area (Å²) in [7, 11) is 0. The van der Waals surface area contributed by atoms with Gasteiger partial charge in [-0.3, -0.25) is 4.79 Å². The van der Waals surface area contributed by atoms with Crippen LogP contribution in [0.3, 0.4) is 0 Å². The molecule has 0 heterocycles. The molecule has 6 heteroatoms. The summed E-state index contributed by atoms with van der Waals surface area (Å²) in [6.07, 6.45) is -0.695. The molecule has 0 unspecified atom stereocenters. The third-order valence-corrected chi connectivity index (χ3v) is 4.06. The van der Waals surface area contributed by atoms with Crippen molar-refractivity contribution in [2.45, 2.75) is 33.8 Å². The van der Waals surface area contributed by atoms with Gasteiger partial charge in [-0.25, -0.2) is 4.79 Å². The quantitative estimate of drug-likeness (QED) is 0.753. The predicted molar refractivity (Wildman–Crippen MR) is 102 cm³/mol. The summed E-state index contributed by atoms with van der Waals surface area (Å²) >= 11 is 6.11. The van der Waals surface area contributed by atoms with Crippen molar-refractivity contribution in [1.29, 1.82) is 0 Å². The van der Waals surface area contributed by atoms with Gasteiger partial charge in [0, 0.05) is 5.69 Å². The lowest BCUT2D eigenvalue weighted by Gasteiger charge is -2.17. The van der Waals surface area contributed by atoms with Gasteiger partial charge in [0.15, 0.2) is 6.10 Å². The molecule has 1 amide bonds. The minimum absolute atomic E-state index is 0.212. The number of nitrogens with one attached hydrogen (secondary N) is 1. The van der Waals surface area contributed by atoms with E-state index in [0.717, 1.165) is 11.1 Å². The second-order valence-corrected chi connectivity index (χ2v) is 6.34. The van der Waals surface area contributed by atoms with Gasteiger partial charge in [0.25, 0.3) is 5.91 Å². The number of hydrogen-bond acceptors (Lipinski definition) is 4. The van der Waals surface area contributed by atoms with Crippen LogP contribution in [0.1, 0.15) is 35.3 Å². The van der Waals surface area contributed by atoms with Crippen molar-refractivity contribution in [3.63, 3.8) is 0 Å². The highest BCUT2D eigenvalue weighted by molar-refractivity contribution is 6.34. The molecule has 138 valence electrons. The molecule has 0 aliphatic heterocycles. The number of anilines is 1. The van der Waals surface area contributed by atoms with Crippen LogP contribution in [-0.2, 0) is 9.53 Å². The molecule has 2 rings (SSSR count). The van der Waals surface area contributed by atoms with Crippen molar-refractivity contribution in [2.24, 2.45) is 0 Å². The van der Waals surface area contributed by atoms with Gasteiger partial charge in [0.05, 0.1) is 17.2 Å². The van der Waals surface area contributed by atoms with Crippen molar-refractivity contribution in [3.8, 4) is 5.75 Å². The minimum Gasteiger partial charge on any atom is -0.481 e. The number of carbonyl (C=O) groups excluding carboxylic acids is 2. The molecule has 0 radical (unpaired) electrons. The maximum Gasteiger partial charge on any atom is 0.339 e. The lowest BCUT2D eigenvalue weighted by Crippen LogP contribution is -2.30. The van der Waals surface area contributed by atoms with Gasteiger partial charge in [0.1, 0.15) is 5.75 Å². The molecular formula is C20H22ClNO4. The fourth-order valence-electron chi connectivity index (χ4n) is 2.29. The Morgan fingerprint density at radius 2 is 1.88 bits per heavy atom. The number of rotatable bonds is 6. The molecule has 26 heavy (non-hydrogen) atoms. The number of aryl methyl sites for hydroxylation is 2. The average Bonchev–Trinajstić information content (AvgIpc) is 2.58. The van der Waals surface area contributed by atoms with Crippen molar-refractivity contribution in [3.05, 3.63) is 58.1 Å². The van der Waals surface area contributed by atoms with E-state index >= 15 is 0 Å². The first-order chi connectivity index (χ1) is 12.3. The smallest absolute Gasteiger partial charge is 0.339 e. The Labute approximate surface area is 158 Å². The number of ether oxygens (including phenoxy) is 2. The van der Waals surface area contributed by atoms with Crippen LogP contribution in [-0.4, -0.2) is 24.6 Å². The molecule has 1 N–H and O–H groups in total.